The van der Waals surface area contributed by atoms with Crippen molar-refractivity contribution in [3.63, 3.8) is 0 Å². The third kappa shape index (κ3) is 2.06. The predicted molar refractivity (Wildman–Crippen MR) is 64.9 cm³/mol. The Balaban J connectivity index is 2.58. The zero-order chi connectivity index (χ0) is 11.7. The average molecular weight is 282 g/mol. The lowest BCUT2D eigenvalue weighted by atomic mass is 10.3. The molecule has 0 aliphatic heterocycles. The van der Waals surface area contributed by atoms with E-state index in [1.165, 1.54) is 5.57 Å². The van der Waals surface area contributed by atoms with Crippen LogP contribution in [0.2, 0.25) is 0 Å². The first-order valence-corrected chi connectivity index (χ1v) is 5.66. The van der Waals surface area contributed by atoms with Gasteiger partial charge < -0.3 is 9.55 Å². The average Bonchev–Trinajstić information content (AvgIpc) is 2.59. The topological polar surface area (TPSA) is 70.3 Å². The Kier molecular flexibility index (Phi) is 2.91. The van der Waals surface area contributed by atoms with E-state index in [-0.39, 0.29) is 5.49 Å². The van der Waals surface area contributed by atoms with Crippen molar-refractivity contribution >= 4 is 27.1 Å². The van der Waals surface area contributed by atoms with Crippen LogP contribution in [-0.2, 0) is 6.54 Å². The Morgan fingerprint density at radius 1 is 1.62 bits per heavy atom. The molecular formula is C10H12BrN5. The van der Waals surface area contributed by atoms with Gasteiger partial charge in [-0.2, -0.15) is 0 Å². The summed E-state index contributed by atoms with van der Waals surface area (Å²) in [5, 5.41) is 7.66. The van der Waals surface area contributed by atoms with Crippen molar-refractivity contribution in [2.45, 2.75) is 20.4 Å². The molecule has 5 nitrogen and oxygen atoms in total. The molecule has 0 saturated heterocycles. The van der Waals surface area contributed by atoms with Crippen LogP contribution in [0.1, 0.15) is 13.8 Å². The summed E-state index contributed by atoms with van der Waals surface area (Å²) in [6, 6.07) is 0. The van der Waals surface area contributed by atoms with Crippen LogP contribution in [0, 0.1) is 5.41 Å². The third-order valence-corrected chi connectivity index (χ3v) is 2.56. The second kappa shape index (κ2) is 4.21. The molecule has 0 aromatic carbocycles. The van der Waals surface area contributed by atoms with Gasteiger partial charge in [0.25, 0.3) is 0 Å². The molecule has 2 aromatic rings. The van der Waals surface area contributed by atoms with E-state index >= 15 is 0 Å². The second-order valence-corrected chi connectivity index (χ2v) is 4.50. The highest BCUT2D eigenvalue weighted by Crippen LogP contribution is 2.11. The van der Waals surface area contributed by atoms with Crippen LogP contribution in [0.3, 0.4) is 0 Å². The standard InChI is InChI=1S/C10H12BrN5/c1-6(2)3-4-16-5-13-8(12)7-9(16)15-10(11)14-7/h3,5,12H,4H2,1-2H3,(H,14,15). The van der Waals surface area contributed by atoms with Gasteiger partial charge in [0, 0.05) is 6.54 Å². The molecular weight excluding hydrogens is 270 g/mol. The minimum Gasteiger partial charge on any atom is -0.328 e. The van der Waals surface area contributed by atoms with Gasteiger partial charge in [-0.1, -0.05) is 11.6 Å². The highest BCUT2D eigenvalue weighted by atomic mass is 79.9. The summed E-state index contributed by atoms with van der Waals surface area (Å²) in [4.78, 5) is 11.3. The van der Waals surface area contributed by atoms with Crippen LogP contribution in [0.5, 0.6) is 0 Å². The van der Waals surface area contributed by atoms with Gasteiger partial charge in [0.15, 0.2) is 15.9 Å². The molecule has 0 saturated carbocycles. The Hall–Kier alpha value is -1.43. The van der Waals surface area contributed by atoms with E-state index in [0.29, 0.717) is 16.8 Å². The fraction of sp³-hybridized carbons (Fsp3) is 0.300. The summed E-state index contributed by atoms with van der Waals surface area (Å²) in [6.07, 6.45) is 3.73. The molecule has 0 amide bonds. The maximum absolute atomic E-state index is 7.66. The fourth-order valence-corrected chi connectivity index (χ4v) is 1.74. The number of imidazole rings is 1. The highest BCUT2D eigenvalue weighted by molar-refractivity contribution is 9.10. The van der Waals surface area contributed by atoms with Crippen molar-refractivity contribution < 1.29 is 0 Å². The van der Waals surface area contributed by atoms with E-state index in [9.17, 15) is 0 Å². The summed E-state index contributed by atoms with van der Waals surface area (Å²) in [5.41, 5.74) is 2.84. The molecule has 6 heteroatoms. The van der Waals surface area contributed by atoms with E-state index in [4.69, 9.17) is 5.41 Å². The molecule has 0 unspecified atom stereocenters. The van der Waals surface area contributed by atoms with Crippen LogP contribution >= 0.6 is 15.9 Å². The zero-order valence-electron chi connectivity index (χ0n) is 9.08. The van der Waals surface area contributed by atoms with E-state index in [1.807, 2.05) is 18.4 Å². The Labute approximate surface area is 101 Å². The molecule has 0 spiro atoms. The Morgan fingerprint density at radius 2 is 2.38 bits per heavy atom. The van der Waals surface area contributed by atoms with Gasteiger partial charge in [0.05, 0.1) is 6.33 Å². The highest BCUT2D eigenvalue weighted by Gasteiger charge is 2.06. The minimum absolute atomic E-state index is 0.210. The van der Waals surface area contributed by atoms with Crippen molar-refractivity contribution in [3.05, 3.63) is 28.2 Å². The van der Waals surface area contributed by atoms with Gasteiger partial charge >= 0.3 is 0 Å². The monoisotopic (exact) mass is 281 g/mol. The van der Waals surface area contributed by atoms with Gasteiger partial charge in [0.1, 0.15) is 5.52 Å². The second-order valence-electron chi connectivity index (χ2n) is 3.75. The summed E-state index contributed by atoms with van der Waals surface area (Å²) in [6.45, 7) is 4.80. The first kappa shape index (κ1) is 11.1. The summed E-state index contributed by atoms with van der Waals surface area (Å²) in [7, 11) is 0. The van der Waals surface area contributed by atoms with Crippen molar-refractivity contribution in [1.82, 2.24) is 19.5 Å². The number of allylic oxidation sites excluding steroid dienone is 2. The minimum atomic E-state index is 0.210. The molecule has 2 rings (SSSR count). The molecule has 16 heavy (non-hydrogen) atoms. The van der Waals surface area contributed by atoms with E-state index in [2.05, 4.69) is 37.0 Å². The van der Waals surface area contributed by atoms with E-state index < -0.39 is 0 Å². The lowest BCUT2D eigenvalue weighted by molar-refractivity contribution is 0.798. The number of fused-ring (bicyclic) bond motifs is 1. The summed E-state index contributed by atoms with van der Waals surface area (Å²) < 4.78 is 2.52. The molecule has 0 atom stereocenters. The van der Waals surface area contributed by atoms with Crippen LogP contribution in [-0.4, -0.2) is 19.5 Å². The van der Waals surface area contributed by atoms with Gasteiger partial charge in [-0.15, -0.1) is 0 Å². The number of rotatable bonds is 2. The lowest BCUT2D eigenvalue weighted by Crippen LogP contribution is -2.12. The van der Waals surface area contributed by atoms with E-state index in [0.717, 1.165) is 5.65 Å². The van der Waals surface area contributed by atoms with Crippen molar-refractivity contribution in [3.8, 4) is 0 Å². The number of aromatic nitrogens is 4. The van der Waals surface area contributed by atoms with Gasteiger partial charge in [-0.05, 0) is 29.8 Å². The third-order valence-electron chi connectivity index (χ3n) is 2.19. The molecule has 84 valence electrons. The van der Waals surface area contributed by atoms with Crippen molar-refractivity contribution in [2.24, 2.45) is 0 Å². The van der Waals surface area contributed by atoms with Crippen LogP contribution in [0.15, 0.2) is 22.7 Å². The molecule has 0 aliphatic rings. The summed E-state index contributed by atoms with van der Waals surface area (Å²) >= 11 is 3.27. The predicted octanol–water partition coefficient (Wildman–Crippen LogP) is 1.97. The Morgan fingerprint density at radius 3 is 3.06 bits per heavy atom. The number of nitrogens with one attached hydrogen (secondary N) is 2. The first-order valence-electron chi connectivity index (χ1n) is 4.86. The van der Waals surface area contributed by atoms with E-state index in [1.54, 1.807) is 6.33 Å². The van der Waals surface area contributed by atoms with Crippen molar-refractivity contribution in [1.29, 1.82) is 5.41 Å². The maximum atomic E-state index is 7.66. The van der Waals surface area contributed by atoms with Gasteiger partial charge in [0.2, 0.25) is 0 Å². The van der Waals surface area contributed by atoms with Crippen LogP contribution in [0.25, 0.3) is 11.2 Å². The number of H-pyrrole nitrogens is 1. The molecule has 0 radical (unpaired) electrons. The molecule has 2 heterocycles. The van der Waals surface area contributed by atoms with Crippen LogP contribution in [0.4, 0.5) is 0 Å². The van der Waals surface area contributed by atoms with Gasteiger partial charge in [-0.3, -0.25) is 5.41 Å². The number of nitrogens with zero attached hydrogens (tertiary/aromatic N) is 3. The van der Waals surface area contributed by atoms with Crippen LogP contribution < -0.4 is 5.49 Å². The summed E-state index contributed by atoms with van der Waals surface area (Å²) in [5.74, 6) is 0. The molecule has 0 fully saturated rings. The van der Waals surface area contributed by atoms with Crippen molar-refractivity contribution in [2.75, 3.05) is 0 Å². The smallest absolute Gasteiger partial charge is 0.177 e. The normalized spacial score (nSPS) is 10.7. The molecule has 0 aliphatic carbocycles. The Bertz CT molecular complexity index is 603. The number of hydrogen-bond acceptors (Lipinski definition) is 3. The maximum Gasteiger partial charge on any atom is 0.177 e. The quantitative estimate of drug-likeness (QED) is 0.653. The van der Waals surface area contributed by atoms with Gasteiger partial charge in [-0.25, -0.2) is 9.97 Å². The SMILES string of the molecule is CC(C)=CCn1cnc(=N)c2[nH]c(Br)nc21. The molecule has 0 bridgehead atoms. The number of halogens is 1. The molecule has 2 N–H and O–H groups in total. The first-order chi connectivity index (χ1) is 7.58. The number of aromatic amines is 1. The number of hydrogen-bond donors (Lipinski definition) is 2. The fourth-order valence-electron chi connectivity index (χ4n) is 1.37. The molecule has 2 aromatic heterocycles. The lowest BCUT2D eigenvalue weighted by Gasteiger charge is -2.03. The zero-order valence-corrected chi connectivity index (χ0v) is 10.7. The largest absolute Gasteiger partial charge is 0.328 e.